The molecule has 0 atom stereocenters. The lowest BCUT2D eigenvalue weighted by atomic mass is 10.2. The zero-order valence-corrected chi connectivity index (χ0v) is 11.8. The fraction of sp³-hybridized carbons (Fsp3) is 0.500. The van der Waals surface area contributed by atoms with Gasteiger partial charge in [-0.05, 0) is 20.8 Å². The molecule has 2 rings (SSSR count). The molecule has 98 valence electrons. The molecule has 2 aromatic heterocycles. The molecule has 0 bridgehead atoms. The van der Waals surface area contributed by atoms with E-state index in [1.165, 1.54) is 0 Å². The van der Waals surface area contributed by atoms with Crippen LogP contribution in [0.1, 0.15) is 31.1 Å². The number of halogens is 1. The third-order valence-electron chi connectivity index (χ3n) is 3.03. The van der Waals surface area contributed by atoms with Crippen molar-refractivity contribution >= 4 is 11.6 Å². The molecular weight excluding hydrogens is 252 g/mol. The fourth-order valence-corrected chi connectivity index (χ4v) is 2.20. The quantitative estimate of drug-likeness (QED) is 0.854. The van der Waals surface area contributed by atoms with Crippen LogP contribution in [0.3, 0.4) is 0 Å². The minimum absolute atomic E-state index is 0.0238. The van der Waals surface area contributed by atoms with Gasteiger partial charge in [-0.1, -0.05) is 11.6 Å². The number of aromatic nitrogens is 4. The summed E-state index contributed by atoms with van der Waals surface area (Å²) in [6.45, 7) is 6.31. The maximum Gasteiger partial charge on any atom is 0.328 e. The maximum absolute atomic E-state index is 12.1. The molecule has 2 aromatic rings. The number of hydrogen-bond donors (Lipinski definition) is 0. The van der Waals surface area contributed by atoms with Crippen molar-refractivity contribution < 1.29 is 0 Å². The summed E-state index contributed by atoms with van der Waals surface area (Å²) in [6.07, 6.45) is 3.58. The van der Waals surface area contributed by atoms with Crippen LogP contribution in [-0.4, -0.2) is 18.9 Å². The fourth-order valence-electron chi connectivity index (χ4n) is 1.97. The van der Waals surface area contributed by atoms with E-state index < -0.39 is 0 Å². The van der Waals surface area contributed by atoms with E-state index in [1.54, 1.807) is 33.3 Å². The number of nitrogens with zero attached hydrogens (tertiary/aromatic N) is 4. The third-order valence-corrected chi connectivity index (χ3v) is 3.50. The summed E-state index contributed by atoms with van der Waals surface area (Å²) in [5.74, 6) is 0. The van der Waals surface area contributed by atoms with Crippen LogP contribution in [0.15, 0.2) is 17.2 Å². The van der Waals surface area contributed by atoms with Crippen LogP contribution >= 0.6 is 11.6 Å². The summed E-state index contributed by atoms with van der Waals surface area (Å²) in [7, 11) is 1.79. The molecule has 0 aliphatic carbocycles. The molecule has 0 aromatic carbocycles. The molecule has 0 N–H and O–H groups in total. The standard InChI is InChI=1S/C12H17ClN4O/c1-8(2)17-6-5-16(12(17)18)7-10-9(3)14-15(4)11(10)13/h5-6,8H,7H2,1-4H3. The predicted molar refractivity (Wildman–Crippen MR) is 71.1 cm³/mol. The van der Waals surface area contributed by atoms with Crippen LogP contribution in [0.2, 0.25) is 5.15 Å². The van der Waals surface area contributed by atoms with Crippen molar-refractivity contribution in [3.05, 3.63) is 39.3 Å². The lowest BCUT2D eigenvalue weighted by molar-refractivity contribution is 0.561. The van der Waals surface area contributed by atoms with Crippen LogP contribution in [0, 0.1) is 6.92 Å². The van der Waals surface area contributed by atoms with E-state index in [2.05, 4.69) is 5.10 Å². The van der Waals surface area contributed by atoms with Crippen LogP contribution in [-0.2, 0) is 13.6 Å². The van der Waals surface area contributed by atoms with Crippen molar-refractivity contribution in [1.82, 2.24) is 18.9 Å². The van der Waals surface area contributed by atoms with Crippen molar-refractivity contribution in [3.8, 4) is 0 Å². The topological polar surface area (TPSA) is 44.8 Å². The Kier molecular flexibility index (Phi) is 3.34. The third kappa shape index (κ3) is 2.10. The Morgan fingerprint density at radius 1 is 1.39 bits per heavy atom. The Morgan fingerprint density at radius 3 is 2.50 bits per heavy atom. The van der Waals surface area contributed by atoms with Gasteiger partial charge in [0.15, 0.2) is 0 Å². The summed E-state index contributed by atoms with van der Waals surface area (Å²) in [5, 5.41) is 4.82. The Labute approximate surface area is 111 Å². The Balaban J connectivity index is 2.38. The van der Waals surface area contributed by atoms with Gasteiger partial charge in [-0.3, -0.25) is 13.8 Å². The normalized spacial score (nSPS) is 11.4. The van der Waals surface area contributed by atoms with Gasteiger partial charge in [0.25, 0.3) is 0 Å². The van der Waals surface area contributed by atoms with Crippen molar-refractivity contribution in [2.24, 2.45) is 7.05 Å². The van der Waals surface area contributed by atoms with E-state index in [0.29, 0.717) is 11.7 Å². The molecule has 0 saturated heterocycles. The average Bonchev–Trinajstić information content (AvgIpc) is 2.76. The highest BCUT2D eigenvalue weighted by molar-refractivity contribution is 6.30. The van der Waals surface area contributed by atoms with Gasteiger partial charge in [0.05, 0.1) is 12.2 Å². The smallest absolute Gasteiger partial charge is 0.297 e. The second-order valence-corrected chi connectivity index (χ2v) is 5.05. The minimum atomic E-state index is -0.0238. The Bertz CT molecular complexity index is 621. The van der Waals surface area contributed by atoms with E-state index in [4.69, 9.17) is 11.6 Å². The molecule has 0 saturated carbocycles. The zero-order chi connectivity index (χ0) is 13.4. The van der Waals surface area contributed by atoms with Gasteiger partial charge in [-0.2, -0.15) is 5.10 Å². The number of hydrogen-bond acceptors (Lipinski definition) is 2. The SMILES string of the molecule is Cc1nn(C)c(Cl)c1Cn1ccn(C(C)C)c1=O. The van der Waals surface area contributed by atoms with Crippen molar-refractivity contribution in [2.45, 2.75) is 33.4 Å². The summed E-state index contributed by atoms with van der Waals surface area (Å²) in [4.78, 5) is 12.1. The maximum atomic E-state index is 12.1. The van der Waals surface area contributed by atoms with E-state index in [9.17, 15) is 4.79 Å². The van der Waals surface area contributed by atoms with Gasteiger partial charge < -0.3 is 0 Å². The molecule has 0 unspecified atom stereocenters. The molecule has 0 spiro atoms. The molecule has 18 heavy (non-hydrogen) atoms. The summed E-state index contributed by atoms with van der Waals surface area (Å²) in [5.41, 5.74) is 1.72. The first-order valence-corrected chi connectivity index (χ1v) is 6.25. The number of aryl methyl sites for hydroxylation is 2. The van der Waals surface area contributed by atoms with Gasteiger partial charge in [0.1, 0.15) is 5.15 Å². The first-order chi connectivity index (χ1) is 8.41. The molecular formula is C12H17ClN4O. The second-order valence-electron chi connectivity index (χ2n) is 4.69. The molecule has 5 nitrogen and oxygen atoms in total. The lowest BCUT2D eigenvalue weighted by Gasteiger charge is -2.05. The number of rotatable bonds is 3. The highest BCUT2D eigenvalue weighted by Crippen LogP contribution is 2.19. The van der Waals surface area contributed by atoms with Crippen molar-refractivity contribution in [1.29, 1.82) is 0 Å². The molecule has 0 radical (unpaired) electrons. The molecule has 0 aliphatic heterocycles. The second kappa shape index (κ2) is 4.65. The number of imidazole rings is 1. The van der Waals surface area contributed by atoms with Crippen molar-refractivity contribution in [3.63, 3.8) is 0 Å². The van der Waals surface area contributed by atoms with Gasteiger partial charge in [-0.25, -0.2) is 4.79 Å². The highest BCUT2D eigenvalue weighted by Gasteiger charge is 2.14. The zero-order valence-electron chi connectivity index (χ0n) is 11.0. The molecule has 0 amide bonds. The Morgan fingerprint density at radius 2 is 2.06 bits per heavy atom. The minimum Gasteiger partial charge on any atom is -0.297 e. The first-order valence-electron chi connectivity index (χ1n) is 5.87. The van der Waals surface area contributed by atoms with Gasteiger partial charge >= 0.3 is 5.69 Å². The highest BCUT2D eigenvalue weighted by atomic mass is 35.5. The first kappa shape index (κ1) is 13.0. The van der Waals surface area contributed by atoms with Gasteiger partial charge in [0.2, 0.25) is 0 Å². The summed E-state index contributed by atoms with van der Waals surface area (Å²) >= 11 is 6.16. The van der Waals surface area contributed by atoms with E-state index in [0.717, 1.165) is 11.3 Å². The van der Waals surface area contributed by atoms with Gasteiger partial charge in [-0.15, -0.1) is 0 Å². The van der Waals surface area contributed by atoms with Crippen LogP contribution in [0.25, 0.3) is 0 Å². The van der Waals surface area contributed by atoms with Crippen LogP contribution in [0.4, 0.5) is 0 Å². The van der Waals surface area contributed by atoms with Crippen LogP contribution in [0.5, 0.6) is 0 Å². The molecule has 0 fully saturated rings. The largest absolute Gasteiger partial charge is 0.328 e. The summed E-state index contributed by atoms with van der Waals surface area (Å²) < 4.78 is 4.96. The van der Waals surface area contributed by atoms with E-state index in [1.807, 2.05) is 20.8 Å². The van der Waals surface area contributed by atoms with Crippen LogP contribution < -0.4 is 5.69 Å². The Hall–Kier alpha value is -1.49. The predicted octanol–water partition coefficient (Wildman–Crippen LogP) is 1.97. The van der Waals surface area contributed by atoms with E-state index >= 15 is 0 Å². The van der Waals surface area contributed by atoms with Gasteiger partial charge in [0, 0.05) is 31.0 Å². The molecule has 6 heteroatoms. The monoisotopic (exact) mass is 268 g/mol. The summed E-state index contributed by atoms with van der Waals surface area (Å²) in [6, 6.07) is 0.157. The van der Waals surface area contributed by atoms with Crippen molar-refractivity contribution in [2.75, 3.05) is 0 Å². The average molecular weight is 269 g/mol. The lowest BCUT2D eigenvalue weighted by Crippen LogP contribution is -2.25. The van der Waals surface area contributed by atoms with E-state index in [-0.39, 0.29) is 11.7 Å². The molecule has 0 aliphatic rings. The molecule has 2 heterocycles.